The van der Waals surface area contributed by atoms with Crippen LogP contribution in [0.3, 0.4) is 0 Å². The number of amides is 1. The Hall–Kier alpha value is -2.86. The molecular formula is C24H28N2O3S. The van der Waals surface area contributed by atoms with Crippen molar-refractivity contribution in [1.29, 1.82) is 0 Å². The number of anilines is 1. The summed E-state index contributed by atoms with van der Waals surface area (Å²) in [7, 11) is -3.64. The molecule has 0 aliphatic heterocycles. The number of nitrogens with zero attached hydrogens (tertiary/aromatic N) is 1. The van der Waals surface area contributed by atoms with Crippen LogP contribution in [0, 0.1) is 0 Å². The summed E-state index contributed by atoms with van der Waals surface area (Å²) in [6.07, 6.45) is 2.93. The number of hydrogen-bond donors (Lipinski definition) is 1. The first kappa shape index (κ1) is 21.8. The molecule has 3 aromatic rings. The molecule has 0 saturated heterocycles. The fourth-order valence-corrected chi connectivity index (χ4v) is 4.46. The molecule has 1 N–H and O–H groups in total. The van der Waals surface area contributed by atoms with Gasteiger partial charge in [0, 0.05) is 11.9 Å². The number of carbonyl (C=O) groups excluding carboxylic acids is 1. The molecule has 0 bridgehead atoms. The number of hydrogen-bond acceptors (Lipinski definition) is 3. The van der Waals surface area contributed by atoms with Gasteiger partial charge in [-0.05, 0) is 41.0 Å². The van der Waals surface area contributed by atoms with Gasteiger partial charge in [0.25, 0.3) is 0 Å². The molecule has 3 rings (SSSR count). The highest BCUT2D eigenvalue weighted by Gasteiger charge is 2.22. The molecule has 0 atom stereocenters. The van der Waals surface area contributed by atoms with E-state index in [1.54, 1.807) is 12.1 Å². The number of aryl methyl sites for hydroxylation is 2. The fraction of sp³-hybridized carbons (Fsp3) is 0.292. The van der Waals surface area contributed by atoms with E-state index in [-0.39, 0.29) is 12.5 Å². The summed E-state index contributed by atoms with van der Waals surface area (Å²) in [5, 5.41) is 4.62. The molecule has 0 aromatic heterocycles. The highest BCUT2D eigenvalue weighted by molar-refractivity contribution is 7.92. The van der Waals surface area contributed by atoms with Crippen molar-refractivity contribution in [2.45, 2.75) is 33.2 Å². The molecule has 0 saturated carbocycles. The van der Waals surface area contributed by atoms with Gasteiger partial charge >= 0.3 is 0 Å². The van der Waals surface area contributed by atoms with Crippen LogP contribution in [0.4, 0.5) is 5.69 Å². The molecule has 1 amide bonds. The molecule has 0 aliphatic carbocycles. The van der Waals surface area contributed by atoms with Gasteiger partial charge in [-0.25, -0.2) is 8.42 Å². The van der Waals surface area contributed by atoms with Crippen LogP contribution in [0.1, 0.15) is 30.5 Å². The van der Waals surface area contributed by atoms with E-state index >= 15 is 0 Å². The number of carbonyl (C=O) groups is 1. The third kappa shape index (κ3) is 5.00. The average molecular weight is 425 g/mol. The maximum absolute atomic E-state index is 12.7. The first-order chi connectivity index (χ1) is 14.3. The van der Waals surface area contributed by atoms with Crippen molar-refractivity contribution >= 4 is 32.4 Å². The van der Waals surface area contributed by atoms with E-state index in [2.05, 4.69) is 37.4 Å². The molecule has 0 radical (unpaired) electrons. The normalized spacial score (nSPS) is 11.4. The van der Waals surface area contributed by atoms with E-state index in [9.17, 15) is 13.2 Å². The van der Waals surface area contributed by atoms with Gasteiger partial charge in [-0.3, -0.25) is 9.10 Å². The lowest BCUT2D eigenvalue weighted by molar-refractivity contribution is -0.119. The van der Waals surface area contributed by atoms with E-state index in [4.69, 9.17) is 0 Å². The number of sulfonamides is 1. The zero-order valence-electron chi connectivity index (χ0n) is 17.7. The predicted molar refractivity (Wildman–Crippen MR) is 123 cm³/mol. The van der Waals surface area contributed by atoms with Gasteiger partial charge in [0.15, 0.2) is 0 Å². The first-order valence-electron chi connectivity index (χ1n) is 10.2. The van der Waals surface area contributed by atoms with E-state index < -0.39 is 10.0 Å². The first-order valence-corrected chi connectivity index (χ1v) is 12.0. The average Bonchev–Trinajstić information content (AvgIpc) is 2.74. The Morgan fingerprint density at radius 1 is 0.933 bits per heavy atom. The van der Waals surface area contributed by atoms with Crippen LogP contribution in [0.5, 0.6) is 0 Å². The van der Waals surface area contributed by atoms with Crippen LogP contribution in [0.25, 0.3) is 10.8 Å². The van der Waals surface area contributed by atoms with Crippen molar-refractivity contribution in [1.82, 2.24) is 5.32 Å². The number of fused-ring (bicyclic) bond motifs is 1. The number of benzene rings is 3. The molecule has 158 valence electrons. The van der Waals surface area contributed by atoms with Gasteiger partial charge in [-0.15, -0.1) is 0 Å². The summed E-state index contributed by atoms with van der Waals surface area (Å²) < 4.78 is 26.2. The monoisotopic (exact) mass is 424 g/mol. The second-order valence-electron chi connectivity index (χ2n) is 7.35. The zero-order valence-corrected chi connectivity index (χ0v) is 18.5. The minimum absolute atomic E-state index is 0.262. The lowest BCUT2D eigenvalue weighted by Crippen LogP contribution is -2.40. The second kappa shape index (κ2) is 9.30. The van der Waals surface area contributed by atoms with Crippen LogP contribution in [-0.2, 0) is 34.2 Å². The van der Waals surface area contributed by atoms with Gasteiger partial charge in [-0.2, -0.15) is 0 Å². The second-order valence-corrected chi connectivity index (χ2v) is 9.26. The van der Waals surface area contributed by atoms with Crippen molar-refractivity contribution in [3.63, 3.8) is 0 Å². The summed E-state index contributed by atoms with van der Waals surface area (Å²) in [6.45, 7) is 4.29. The summed E-state index contributed by atoms with van der Waals surface area (Å²) in [6, 6.07) is 19.3. The minimum Gasteiger partial charge on any atom is -0.350 e. The molecule has 0 aliphatic rings. The molecule has 0 unspecified atom stereocenters. The van der Waals surface area contributed by atoms with Crippen LogP contribution in [0.15, 0.2) is 60.7 Å². The van der Waals surface area contributed by atoms with Gasteiger partial charge < -0.3 is 5.32 Å². The van der Waals surface area contributed by atoms with E-state index in [0.29, 0.717) is 12.2 Å². The van der Waals surface area contributed by atoms with Crippen molar-refractivity contribution < 1.29 is 13.2 Å². The Kier molecular flexibility index (Phi) is 6.77. The lowest BCUT2D eigenvalue weighted by atomic mass is 10.0. The summed E-state index contributed by atoms with van der Waals surface area (Å²) in [4.78, 5) is 12.7. The Labute approximate surface area is 178 Å². The molecule has 30 heavy (non-hydrogen) atoms. The molecular weight excluding hydrogens is 396 g/mol. The molecule has 0 spiro atoms. The van der Waals surface area contributed by atoms with Gasteiger partial charge in [0.2, 0.25) is 15.9 Å². The zero-order chi connectivity index (χ0) is 21.7. The molecule has 3 aromatic carbocycles. The minimum atomic E-state index is -3.64. The van der Waals surface area contributed by atoms with Crippen molar-refractivity contribution in [2.24, 2.45) is 0 Å². The Morgan fingerprint density at radius 3 is 2.37 bits per heavy atom. The van der Waals surface area contributed by atoms with Crippen molar-refractivity contribution in [3.8, 4) is 0 Å². The van der Waals surface area contributed by atoms with Crippen LogP contribution < -0.4 is 9.62 Å². The van der Waals surface area contributed by atoms with E-state index in [0.717, 1.165) is 35.4 Å². The topological polar surface area (TPSA) is 66.5 Å². The van der Waals surface area contributed by atoms with Gasteiger partial charge in [-0.1, -0.05) is 68.4 Å². The highest BCUT2D eigenvalue weighted by atomic mass is 32.2. The fourth-order valence-electron chi connectivity index (χ4n) is 3.60. The molecule has 0 heterocycles. The Bertz CT molecular complexity index is 1150. The lowest BCUT2D eigenvalue weighted by Gasteiger charge is -2.23. The van der Waals surface area contributed by atoms with E-state index in [1.165, 1.54) is 15.4 Å². The largest absolute Gasteiger partial charge is 0.350 e. The molecule has 0 fully saturated rings. The summed E-state index contributed by atoms with van der Waals surface area (Å²) in [5.41, 5.74) is 3.97. The Morgan fingerprint density at radius 2 is 1.67 bits per heavy atom. The maximum atomic E-state index is 12.7. The quantitative estimate of drug-likeness (QED) is 0.593. The highest BCUT2D eigenvalue weighted by Crippen LogP contribution is 2.28. The maximum Gasteiger partial charge on any atom is 0.241 e. The van der Waals surface area contributed by atoms with Crippen LogP contribution >= 0.6 is 0 Å². The predicted octanol–water partition coefficient (Wildman–Crippen LogP) is 4.05. The summed E-state index contributed by atoms with van der Waals surface area (Å²) in [5.74, 6) is -0.336. The van der Waals surface area contributed by atoms with Gasteiger partial charge in [0.1, 0.15) is 6.54 Å². The smallest absolute Gasteiger partial charge is 0.241 e. The van der Waals surface area contributed by atoms with Crippen molar-refractivity contribution in [2.75, 3.05) is 17.1 Å². The van der Waals surface area contributed by atoms with E-state index in [1.807, 2.05) is 30.3 Å². The SMILES string of the molecule is CCc1ccc(CC)c(CNC(=O)CN(c2cccc3ccccc23)S(C)(=O)=O)c1. The van der Waals surface area contributed by atoms with Gasteiger partial charge in [0.05, 0.1) is 11.9 Å². The third-order valence-electron chi connectivity index (χ3n) is 5.26. The molecule has 6 heteroatoms. The van der Waals surface area contributed by atoms with Crippen LogP contribution in [-0.4, -0.2) is 27.1 Å². The van der Waals surface area contributed by atoms with Crippen molar-refractivity contribution in [3.05, 3.63) is 77.4 Å². The summed E-state index contributed by atoms with van der Waals surface area (Å²) >= 11 is 0. The Balaban J connectivity index is 1.82. The number of rotatable bonds is 8. The standard InChI is InChI=1S/C24H28N2O3S/c1-4-18-13-14-19(5-2)21(15-18)16-25-24(27)17-26(30(3,28)29)23-12-8-10-20-9-6-7-11-22(20)23/h6-15H,4-5,16-17H2,1-3H3,(H,25,27). The van der Waals surface area contributed by atoms with Crippen LogP contribution in [0.2, 0.25) is 0 Å². The third-order valence-corrected chi connectivity index (χ3v) is 6.39. The number of nitrogens with one attached hydrogen (secondary N) is 1. The molecule has 5 nitrogen and oxygen atoms in total.